The van der Waals surface area contributed by atoms with Crippen LogP contribution in [0, 0.1) is 5.92 Å². The van der Waals surface area contributed by atoms with E-state index in [1.165, 1.54) is 7.11 Å². The number of ether oxygens (including phenoxy) is 2. The second-order valence-corrected chi connectivity index (χ2v) is 6.54. The molecule has 0 radical (unpaired) electrons. The number of hydrogen-bond acceptors (Lipinski definition) is 5. The topological polar surface area (TPSA) is 72.9 Å². The lowest BCUT2D eigenvalue weighted by molar-refractivity contribution is -0.149. The van der Waals surface area contributed by atoms with Crippen LogP contribution in [0.15, 0.2) is 0 Å². The summed E-state index contributed by atoms with van der Waals surface area (Å²) in [5.41, 5.74) is 0. The van der Waals surface area contributed by atoms with Crippen molar-refractivity contribution >= 4 is 27.6 Å². The summed E-state index contributed by atoms with van der Waals surface area (Å²) in [5.74, 6) is -0.592. The van der Waals surface area contributed by atoms with Gasteiger partial charge in [0.25, 0.3) is 0 Å². The number of sulfonamides is 1. The molecule has 2 atom stereocenters. The van der Waals surface area contributed by atoms with Crippen LogP contribution in [0.25, 0.3) is 0 Å². The van der Waals surface area contributed by atoms with Crippen LogP contribution in [0.3, 0.4) is 0 Å². The summed E-state index contributed by atoms with van der Waals surface area (Å²) >= 11 is 5.62. The van der Waals surface area contributed by atoms with E-state index >= 15 is 0 Å². The zero-order valence-electron chi connectivity index (χ0n) is 10.5. The van der Waals surface area contributed by atoms with E-state index in [1.54, 1.807) is 6.92 Å². The predicted molar refractivity (Wildman–Crippen MR) is 67.0 cm³/mol. The molecule has 1 heterocycles. The quantitative estimate of drug-likeness (QED) is 0.530. The lowest BCUT2D eigenvalue weighted by Crippen LogP contribution is -2.53. The monoisotopic (exact) mass is 299 g/mol. The summed E-state index contributed by atoms with van der Waals surface area (Å²) in [5, 5.41) is 0. The summed E-state index contributed by atoms with van der Waals surface area (Å²) in [6, 6.07) is -0.892. The van der Waals surface area contributed by atoms with E-state index in [0.717, 1.165) is 4.31 Å². The van der Waals surface area contributed by atoms with Gasteiger partial charge in [-0.1, -0.05) is 6.92 Å². The van der Waals surface area contributed by atoms with Gasteiger partial charge in [0, 0.05) is 12.4 Å². The maximum atomic E-state index is 12.2. The van der Waals surface area contributed by atoms with Gasteiger partial charge in [-0.3, -0.25) is 4.79 Å². The van der Waals surface area contributed by atoms with Gasteiger partial charge in [-0.15, -0.1) is 11.6 Å². The maximum absolute atomic E-state index is 12.2. The fourth-order valence-corrected chi connectivity index (χ4v) is 3.90. The molecule has 0 saturated carbocycles. The molecule has 106 valence electrons. The summed E-state index contributed by atoms with van der Waals surface area (Å²) in [4.78, 5) is 11.5. The van der Waals surface area contributed by atoms with Gasteiger partial charge in [-0.25, -0.2) is 8.42 Å². The highest BCUT2D eigenvalue weighted by atomic mass is 35.5. The van der Waals surface area contributed by atoms with Crippen molar-refractivity contribution in [1.82, 2.24) is 4.31 Å². The second kappa shape index (κ2) is 6.70. The summed E-state index contributed by atoms with van der Waals surface area (Å²) in [6.45, 7) is 2.22. The Balaban J connectivity index is 2.85. The Labute approximate surface area is 112 Å². The van der Waals surface area contributed by atoms with E-state index < -0.39 is 22.0 Å². The molecule has 0 bridgehead atoms. The Morgan fingerprint density at radius 1 is 1.61 bits per heavy atom. The lowest BCUT2D eigenvalue weighted by atomic mass is 10.3. The Morgan fingerprint density at radius 3 is 2.83 bits per heavy atom. The number of carbonyl (C=O) groups excluding carboxylic acids is 1. The average molecular weight is 300 g/mol. The van der Waals surface area contributed by atoms with Crippen molar-refractivity contribution in [3.8, 4) is 0 Å². The molecule has 1 aliphatic heterocycles. The third-order valence-corrected chi connectivity index (χ3v) is 5.34. The van der Waals surface area contributed by atoms with E-state index in [-0.39, 0.29) is 37.3 Å². The Hall–Kier alpha value is -0.370. The highest BCUT2D eigenvalue weighted by Gasteiger charge is 2.38. The van der Waals surface area contributed by atoms with Gasteiger partial charge in [-0.2, -0.15) is 4.31 Å². The molecule has 6 nitrogen and oxygen atoms in total. The van der Waals surface area contributed by atoms with Gasteiger partial charge in [0.05, 0.1) is 26.1 Å². The molecular weight excluding hydrogens is 282 g/mol. The smallest absolute Gasteiger partial charge is 0.326 e. The number of rotatable bonds is 5. The molecule has 1 fully saturated rings. The molecule has 1 aliphatic rings. The van der Waals surface area contributed by atoms with Crippen LogP contribution in [0.4, 0.5) is 0 Å². The largest absolute Gasteiger partial charge is 0.468 e. The van der Waals surface area contributed by atoms with Crippen LogP contribution in [0.1, 0.15) is 6.92 Å². The van der Waals surface area contributed by atoms with Gasteiger partial charge in [0.2, 0.25) is 10.0 Å². The van der Waals surface area contributed by atoms with Gasteiger partial charge in [-0.05, 0) is 5.92 Å². The zero-order chi connectivity index (χ0) is 13.8. The zero-order valence-corrected chi connectivity index (χ0v) is 12.0. The minimum atomic E-state index is -3.53. The number of hydrogen-bond donors (Lipinski definition) is 0. The highest BCUT2D eigenvalue weighted by molar-refractivity contribution is 7.89. The van der Waals surface area contributed by atoms with E-state index in [9.17, 15) is 13.2 Å². The second-order valence-electron chi connectivity index (χ2n) is 4.26. The first-order valence-electron chi connectivity index (χ1n) is 5.63. The van der Waals surface area contributed by atoms with Crippen LogP contribution >= 0.6 is 11.6 Å². The van der Waals surface area contributed by atoms with Gasteiger partial charge < -0.3 is 9.47 Å². The van der Waals surface area contributed by atoms with Crippen LogP contribution in [-0.4, -0.2) is 63.2 Å². The fraction of sp³-hybridized carbons (Fsp3) is 0.900. The molecule has 18 heavy (non-hydrogen) atoms. The van der Waals surface area contributed by atoms with E-state index in [1.807, 2.05) is 0 Å². The van der Waals surface area contributed by atoms with Crippen molar-refractivity contribution in [1.29, 1.82) is 0 Å². The molecule has 8 heteroatoms. The molecule has 0 aliphatic carbocycles. The number of carbonyl (C=O) groups is 1. The number of morpholine rings is 1. The SMILES string of the molecule is COC(=O)C1COCCN1S(=O)(=O)CC(C)CCl. The molecule has 1 saturated heterocycles. The van der Waals surface area contributed by atoms with E-state index in [2.05, 4.69) is 4.74 Å². The Bertz CT molecular complexity index is 386. The van der Waals surface area contributed by atoms with Crippen molar-refractivity contribution in [2.45, 2.75) is 13.0 Å². The van der Waals surface area contributed by atoms with Crippen LogP contribution < -0.4 is 0 Å². The van der Waals surface area contributed by atoms with Crippen molar-refractivity contribution in [3.05, 3.63) is 0 Å². The van der Waals surface area contributed by atoms with Crippen molar-refractivity contribution in [2.24, 2.45) is 5.92 Å². The number of nitrogens with zero attached hydrogens (tertiary/aromatic N) is 1. The highest BCUT2D eigenvalue weighted by Crippen LogP contribution is 2.17. The van der Waals surface area contributed by atoms with Crippen molar-refractivity contribution < 1.29 is 22.7 Å². The molecule has 2 unspecified atom stereocenters. The third kappa shape index (κ3) is 3.81. The molecule has 0 amide bonds. The molecule has 0 spiro atoms. The molecule has 0 N–H and O–H groups in total. The molecular formula is C10H18ClNO5S. The molecule has 0 aromatic carbocycles. The first kappa shape index (κ1) is 15.7. The van der Waals surface area contributed by atoms with Crippen molar-refractivity contribution in [3.63, 3.8) is 0 Å². The van der Waals surface area contributed by atoms with Crippen LogP contribution in [0.2, 0.25) is 0 Å². The van der Waals surface area contributed by atoms with Crippen LogP contribution in [-0.2, 0) is 24.3 Å². The first-order valence-corrected chi connectivity index (χ1v) is 7.77. The molecule has 0 aromatic rings. The molecule has 1 rings (SSSR count). The normalized spacial score (nSPS) is 23.6. The summed E-state index contributed by atoms with van der Waals surface area (Å²) < 4.78 is 35.3. The summed E-state index contributed by atoms with van der Waals surface area (Å²) in [6.07, 6.45) is 0. The lowest BCUT2D eigenvalue weighted by Gasteiger charge is -2.33. The van der Waals surface area contributed by atoms with Gasteiger partial charge in [0.15, 0.2) is 0 Å². The fourth-order valence-electron chi connectivity index (χ4n) is 1.74. The number of halogens is 1. The minimum absolute atomic E-state index is 0.0289. The first-order chi connectivity index (χ1) is 8.42. The summed E-state index contributed by atoms with van der Waals surface area (Å²) in [7, 11) is -2.31. The minimum Gasteiger partial charge on any atom is -0.468 e. The molecule has 0 aromatic heterocycles. The Morgan fingerprint density at radius 2 is 2.28 bits per heavy atom. The standard InChI is InChI=1S/C10H18ClNO5S/c1-8(5-11)7-18(14,15)12-3-4-17-6-9(12)10(13)16-2/h8-9H,3-7H2,1-2H3. The van der Waals surface area contributed by atoms with E-state index in [4.69, 9.17) is 16.3 Å². The van der Waals surface area contributed by atoms with Crippen LogP contribution in [0.5, 0.6) is 0 Å². The van der Waals surface area contributed by atoms with Crippen molar-refractivity contribution in [2.75, 3.05) is 38.5 Å². The number of alkyl halides is 1. The predicted octanol–water partition coefficient (Wildman–Crippen LogP) is 0.0649. The number of methoxy groups -OCH3 is 1. The van der Waals surface area contributed by atoms with E-state index in [0.29, 0.717) is 0 Å². The third-order valence-electron chi connectivity index (χ3n) is 2.67. The Kier molecular flexibility index (Phi) is 5.84. The average Bonchev–Trinajstić information content (AvgIpc) is 2.37. The number of esters is 1. The maximum Gasteiger partial charge on any atom is 0.326 e. The van der Waals surface area contributed by atoms with Gasteiger partial charge in [0.1, 0.15) is 6.04 Å². The van der Waals surface area contributed by atoms with Gasteiger partial charge >= 0.3 is 5.97 Å².